The molecule has 4 nitrogen and oxygen atoms in total. The molecule has 0 aliphatic heterocycles. The highest BCUT2D eigenvalue weighted by molar-refractivity contribution is 6.21. The van der Waals surface area contributed by atoms with Crippen molar-refractivity contribution in [2.45, 2.75) is 32.7 Å². The fraction of sp³-hybridized carbons (Fsp3) is 0.0909. The molecule has 284 valence electrons. The third-order valence-electron chi connectivity index (χ3n) is 12.2. The number of aliphatic imine (C=N–C) groups is 2. The van der Waals surface area contributed by atoms with E-state index in [9.17, 15) is 0 Å². The van der Waals surface area contributed by atoms with E-state index >= 15 is 0 Å². The molecule has 2 N–H and O–H groups in total. The zero-order chi connectivity index (χ0) is 40.3. The molecule has 1 heterocycles. The van der Waals surface area contributed by atoms with Gasteiger partial charge in [0.25, 0.3) is 0 Å². The number of furan rings is 1. The van der Waals surface area contributed by atoms with Gasteiger partial charge < -0.3 is 10.2 Å². The van der Waals surface area contributed by atoms with Crippen molar-refractivity contribution < 1.29 is 4.42 Å². The van der Waals surface area contributed by atoms with Gasteiger partial charge in [-0.1, -0.05) is 166 Å². The second-order valence-electron chi connectivity index (χ2n) is 15.9. The van der Waals surface area contributed by atoms with Gasteiger partial charge in [0.1, 0.15) is 16.8 Å². The number of benzene rings is 6. The Morgan fingerprint density at radius 2 is 1.39 bits per heavy atom. The topological polar surface area (TPSA) is 63.9 Å². The lowest BCUT2D eigenvalue weighted by Gasteiger charge is -2.29. The van der Waals surface area contributed by atoms with Gasteiger partial charge >= 0.3 is 0 Å². The lowest BCUT2D eigenvalue weighted by molar-refractivity contribution is 0.572. The normalized spacial score (nSPS) is 15.5. The van der Waals surface area contributed by atoms with Crippen molar-refractivity contribution in [3.63, 3.8) is 0 Å². The minimum Gasteiger partial charge on any atom is -0.456 e. The minimum absolute atomic E-state index is 0.0993. The average molecular weight is 762 g/mol. The molecule has 3 aliphatic carbocycles. The highest BCUT2D eigenvalue weighted by Crippen LogP contribution is 2.52. The summed E-state index contributed by atoms with van der Waals surface area (Å²) in [5, 5.41) is 2.21. The number of nitrogens with two attached hydrogens (primary N) is 1. The van der Waals surface area contributed by atoms with E-state index in [1.54, 1.807) is 0 Å². The number of rotatable bonds is 9. The summed E-state index contributed by atoms with van der Waals surface area (Å²) < 4.78 is 6.53. The standard InChI is InChI=1S/C55H43N3O/c1-5-34(6-2)35-24-26-36(27-25-35)43-31-44(39-28-29-42-41-21-13-14-22-46(41)55(3,4)47(42)30-39)51(43)45-32-49-52(45)50-40(20-15-23-48(50)59-49)33-57-54(38-18-11-8-12-19-38)58-53(56)37-16-9-7-10-17-37/h5-32H,1,33H2,2-4H3,(H2,56,57,58)/b34-6+. The molecule has 0 fully saturated rings. The molecule has 0 atom stereocenters. The predicted molar refractivity (Wildman–Crippen MR) is 246 cm³/mol. The molecule has 0 spiro atoms. The molecule has 0 radical (unpaired) electrons. The summed E-state index contributed by atoms with van der Waals surface area (Å²) in [5.74, 6) is 1.00. The van der Waals surface area contributed by atoms with Crippen LogP contribution in [0.5, 0.6) is 0 Å². The van der Waals surface area contributed by atoms with Gasteiger partial charge in [0, 0.05) is 27.1 Å². The fourth-order valence-electron chi connectivity index (χ4n) is 9.01. The molecule has 0 amide bonds. The number of amidine groups is 2. The summed E-state index contributed by atoms with van der Waals surface area (Å²) in [7, 11) is 0. The van der Waals surface area contributed by atoms with Gasteiger partial charge in [0.05, 0.1) is 6.54 Å². The molecule has 7 aromatic rings. The van der Waals surface area contributed by atoms with Gasteiger partial charge in [0.15, 0.2) is 5.84 Å². The van der Waals surface area contributed by atoms with Crippen LogP contribution in [0.2, 0.25) is 0 Å². The molecule has 0 saturated heterocycles. The molecule has 4 heteroatoms. The van der Waals surface area contributed by atoms with Crippen LogP contribution < -0.4 is 16.4 Å². The van der Waals surface area contributed by atoms with Crippen LogP contribution in [0.4, 0.5) is 0 Å². The molecule has 6 aromatic carbocycles. The molecule has 3 aliphatic rings. The summed E-state index contributed by atoms with van der Waals surface area (Å²) in [6.45, 7) is 11.2. The largest absolute Gasteiger partial charge is 0.456 e. The summed E-state index contributed by atoms with van der Waals surface area (Å²) in [6, 6.07) is 50.8. The molecule has 0 bridgehead atoms. The van der Waals surface area contributed by atoms with Gasteiger partial charge in [-0.25, -0.2) is 4.99 Å². The van der Waals surface area contributed by atoms with Gasteiger partial charge in [-0.3, -0.25) is 4.99 Å². The van der Waals surface area contributed by atoms with Gasteiger partial charge in [-0.15, -0.1) is 0 Å². The predicted octanol–water partition coefficient (Wildman–Crippen LogP) is 11.2. The summed E-state index contributed by atoms with van der Waals surface area (Å²) >= 11 is 0. The lowest BCUT2D eigenvalue weighted by atomic mass is 9.74. The minimum atomic E-state index is -0.0993. The van der Waals surface area contributed by atoms with Crippen LogP contribution in [0.1, 0.15) is 65.3 Å². The zero-order valence-electron chi connectivity index (χ0n) is 33.5. The highest BCUT2D eigenvalue weighted by Gasteiger charge is 2.36. The van der Waals surface area contributed by atoms with Crippen molar-refractivity contribution in [2.24, 2.45) is 15.7 Å². The van der Waals surface area contributed by atoms with Crippen molar-refractivity contribution in [3.05, 3.63) is 231 Å². The Hall–Kier alpha value is -7.30. The third kappa shape index (κ3) is 5.99. The van der Waals surface area contributed by atoms with Crippen molar-refractivity contribution >= 4 is 51.0 Å². The first kappa shape index (κ1) is 36.1. The second-order valence-corrected chi connectivity index (χ2v) is 15.9. The molecule has 59 heavy (non-hydrogen) atoms. The van der Waals surface area contributed by atoms with Crippen molar-refractivity contribution in [1.29, 1.82) is 0 Å². The Balaban J connectivity index is 1.11. The zero-order valence-corrected chi connectivity index (χ0v) is 33.5. The molecule has 0 unspecified atom stereocenters. The van der Waals surface area contributed by atoms with E-state index in [1.807, 2.05) is 79.7 Å². The summed E-state index contributed by atoms with van der Waals surface area (Å²) in [6.07, 6.45) is 8.58. The highest BCUT2D eigenvalue weighted by atomic mass is 16.3. The summed E-state index contributed by atoms with van der Waals surface area (Å²) in [4.78, 5) is 10.0. The average Bonchev–Trinajstić information content (AvgIpc) is 3.68. The van der Waals surface area contributed by atoms with Gasteiger partial charge in [-0.2, -0.15) is 0 Å². The van der Waals surface area contributed by atoms with Crippen LogP contribution in [-0.2, 0) is 12.0 Å². The maximum Gasteiger partial charge on any atom is 0.157 e. The number of fused-ring (bicyclic) bond motifs is 6. The smallest absolute Gasteiger partial charge is 0.157 e. The Kier molecular flexibility index (Phi) is 8.72. The fourth-order valence-corrected chi connectivity index (χ4v) is 9.01. The number of hydrogen-bond acceptors (Lipinski definition) is 2. The number of hydrogen-bond donors (Lipinski definition) is 1. The Bertz CT molecular complexity index is 3150. The molecular formula is C55H43N3O. The first-order valence-electron chi connectivity index (χ1n) is 20.2. The van der Waals surface area contributed by atoms with Crippen LogP contribution in [0.25, 0.3) is 50.5 Å². The number of allylic oxidation sites excluding steroid dienone is 7. The quantitative estimate of drug-likeness (QED) is 0.0904. The lowest BCUT2D eigenvalue weighted by Crippen LogP contribution is -2.33. The van der Waals surface area contributed by atoms with Crippen LogP contribution in [0.3, 0.4) is 0 Å². The first-order valence-corrected chi connectivity index (χ1v) is 20.2. The number of nitrogens with zero attached hydrogens (tertiary/aromatic N) is 2. The first-order chi connectivity index (χ1) is 28.8. The SMILES string of the molecule is C=C/C(=C\C)c1ccc(C2=CC(c3ccc4c(c3)C(C)(C)c3ccccc3-4)=C2C2=c3c(oc4cccc(CN=C(N=C(N)c5ccccc5)c5ccccc5)c34)=C2)cc1. The van der Waals surface area contributed by atoms with Crippen molar-refractivity contribution in [2.75, 3.05) is 0 Å². The Labute approximate surface area is 344 Å². The summed E-state index contributed by atoms with van der Waals surface area (Å²) in [5.41, 5.74) is 25.9. The van der Waals surface area contributed by atoms with E-state index in [0.717, 1.165) is 49.4 Å². The van der Waals surface area contributed by atoms with Crippen molar-refractivity contribution in [3.8, 4) is 11.1 Å². The molecule has 1 aromatic heterocycles. The van der Waals surface area contributed by atoms with Crippen molar-refractivity contribution in [1.82, 2.24) is 0 Å². The Morgan fingerprint density at radius 1 is 0.695 bits per heavy atom. The second kappa shape index (κ2) is 14.3. The van der Waals surface area contributed by atoms with E-state index in [2.05, 4.69) is 118 Å². The van der Waals surface area contributed by atoms with E-state index in [4.69, 9.17) is 20.1 Å². The maximum absolute atomic E-state index is 6.56. The van der Waals surface area contributed by atoms with E-state index in [1.165, 1.54) is 55.7 Å². The van der Waals surface area contributed by atoms with Gasteiger partial charge in [-0.05, 0) is 104 Å². The monoisotopic (exact) mass is 761 g/mol. The third-order valence-corrected chi connectivity index (χ3v) is 12.2. The molecular weight excluding hydrogens is 719 g/mol. The molecule has 0 saturated carbocycles. The van der Waals surface area contributed by atoms with E-state index in [-0.39, 0.29) is 5.41 Å². The van der Waals surface area contributed by atoms with Gasteiger partial charge in [0.2, 0.25) is 0 Å². The molecule has 10 rings (SSSR count). The van der Waals surface area contributed by atoms with Crippen LogP contribution >= 0.6 is 0 Å². The van der Waals surface area contributed by atoms with E-state index in [0.29, 0.717) is 18.2 Å². The Morgan fingerprint density at radius 3 is 2.14 bits per heavy atom. The van der Waals surface area contributed by atoms with Crippen LogP contribution in [0, 0.1) is 0 Å². The van der Waals surface area contributed by atoms with Crippen LogP contribution in [0.15, 0.2) is 190 Å². The maximum atomic E-state index is 6.56. The van der Waals surface area contributed by atoms with E-state index < -0.39 is 0 Å². The van der Waals surface area contributed by atoms with Crippen LogP contribution in [-0.4, -0.2) is 11.7 Å².